The van der Waals surface area contributed by atoms with E-state index >= 15 is 0 Å². The van der Waals surface area contributed by atoms with Gasteiger partial charge in [0.2, 0.25) is 0 Å². The third-order valence-electron chi connectivity index (χ3n) is 2.95. The number of amides is 1. The summed E-state index contributed by atoms with van der Waals surface area (Å²) < 4.78 is 0. The van der Waals surface area contributed by atoms with Crippen molar-refractivity contribution in [2.24, 2.45) is 0 Å². The molecule has 2 rings (SSSR count). The number of carbonyl (C=O) groups excluding carboxylic acids is 1. The van der Waals surface area contributed by atoms with Crippen LogP contribution in [0.1, 0.15) is 32.1 Å². The van der Waals surface area contributed by atoms with Crippen LogP contribution in [0.25, 0.3) is 0 Å². The summed E-state index contributed by atoms with van der Waals surface area (Å²) in [6.45, 7) is 3.55. The van der Waals surface area contributed by atoms with Crippen molar-refractivity contribution in [3.8, 4) is 0 Å². The zero-order valence-corrected chi connectivity index (χ0v) is 12.2. The molecule has 108 valence electrons. The number of anilines is 1. The first-order valence-corrected chi connectivity index (χ1v) is 6.55. The number of nitrogens with one attached hydrogen (secondary N) is 1. The van der Waals surface area contributed by atoms with Crippen LogP contribution in [0, 0.1) is 13.8 Å². The Morgan fingerprint density at radius 3 is 2.52 bits per heavy atom. The SMILES string of the molecule is Cc1ccc(C(=O)Nc2cccc(Cl)c2C(=O)O)c(C)n1. The van der Waals surface area contributed by atoms with Gasteiger partial charge >= 0.3 is 5.97 Å². The second-order valence-electron chi connectivity index (χ2n) is 4.51. The van der Waals surface area contributed by atoms with Gasteiger partial charge in [-0.3, -0.25) is 9.78 Å². The number of halogens is 1. The van der Waals surface area contributed by atoms with Crippen LogP contribution in [0.2, 0.25) is 5.02 Å². The number of carbonyl (C=O) groups is 2. The Morgan fingerprint density at radius 1 is 1.19 bits per heavy atom. The maximum absolute atomic E-state index is 12.2. The Morgan fingerprint density at radius 2 is 1.90 bits per heavy atom. The summed E-state index contributed by atoms with van der Waals surface area (Å²) in [5, 5.41) is 11.8. The summed E-state index contributed by atoms with van der Waals surface area (Å²) in [5.74, 6) is -1.63. The van der Waals surface area contributed by atoms with E-state index in [0.29, 0.717) is 11.3 Å². The summed E-state index contributed by atoms with van der Waals surface area (Å²) in [6, 6.07) is 7.89. The highest BCUT2D eigenvalue weighted by Gasteiger charge is 2.17. The summed E-state index contributed by atoms with van der Waals surface area (Å²) in [4.78, 5) is 27.7. The van der Waals surface area contributed by atoms with Gasteiger partial charge in [-0.15, -0.1) is 0 Å². The number of hydrogen-bond acceptors (Lipinski definition) is 3. The lowest BCUT2D eigenvalue weighted by atomic mass is 10.1. The van der Waals surface area contributed by atoms with Gasteiger partial charge in [-0.05, 0) is 38.1 Å². The number of carboxylic acids is 1. The molecule has 0 aliphatic heterocycles. The Hall–Kier alpha value is -2.40. The number of hydrogen-bond donors (Lipinski definition) is 2. The van der Waals surface area contributed by atoms with Crippen molar-refractivity contribution in [2.45, 2.75) is 13.8 Å². The normalized spacial score (nSPS) is 10.2. The van der Waals surface area contributed by atoms with E-state index in [1.165, 1.54) is 12.1 Å². The fraction of sp³-hybridized carbons (Fsp3) is 0.133. The van der Waals surface area contributed by atoms with Crippen LogP contribution in [-0.4, -0.2) is 22.0 Å². The molecule has 0 saturated heterocycles. The van der Waals surface area contributed by atoms with E-state index in [0.717, 1.165) is 5.69 Å². The predicted molar refractivity (Wildman–Crippen MR) is 80.1 cm³/mol. The molecule has 1 aromatic carbocycles. The molecule has 1 amide bonds. The number of aryl methyl sites for hydroxylation is 2. The maximum Gasteiger partial charge on any atom is 0.339 e. The summed E-state index contributed by atoms with van der Waals surface area (Å²) in [6.07, 6.45) is 0. The highest BCUT2D eigenvalue weighted by Crippen LogP contribution is 2.25. The van der Waals surface area contributed by atoms with E-state index in [1.807, 2.05) is 6.92 Å². The number of benzene rings is 1. The van der Waals surface area contributed by atoms with Gasteiger partial charge in [-0.2, -0.15) is 0 Å². The minimum Gasteiger partial charge on any atom is -0.478 e. The van der Waals surface area contributed by atoms with Crippen LogP contribution in [0.4, 0.5) is 5.69 Å². The van der Waals surface area contributed by atoms with Crippen molar-refractivity contribution in [3.63, 3.8) is 0 Å². The molecule has 0 fully saturated rings. The third kappa shape index (κ3) is 3.20. The molecule has 0 aliphatic rings. The monoisotopic (exact) mass is 304 g/mol. The molecule has 2 N–H and O–H groups in total. The van der Waals surface area contributed by atoms with Crippen molar-refractivity contribution in [1.82, 2.24) is 4.98 Å². The van der Waals surface area contributed by atoms with E-state index < -0.39 is 11.9 Å². The van der Waals surface area contributed by atoms with E-state index in [-0.39, 0.29) is 16.3 Å². The first-order valence-electron chi connectivity index (χ1n) is 6.17. The third-order valence-corrected chi connectivity index (χ3v) is 3.26. The van der Waals surface area contributed by atoms with Gasteiger partial charge in [-0.1, -0.05) is 17.7 Å². The number of rotatable bonds is 3. The number of nitrogens with zero attached hydrogens (tertiary/aromatic N) is 1. The minimum absolute atomic E-state index is 0.0686. The molecule has 1 heterocycles. The molecule has 0 radical (unpaired) electrons. The molecular formula is C15H13ClN2O3. The first kappa shape index (κ1) is 15.0. The van der Waals surface area contributed by atoms with Crippen LogP contribution >= 0.6 is 11.6 Å². The Labute approximate surface area is 126 Å². The first-order chi connectivity index (χ1) is 9.90. The van der Waals surface area contributed by atoms with Crippen LogP contribution in [0.5, 0.6) is 0 Å². The van der Waals surface area contributed by atoms with Gasteiger partial charge in [0.15, 0.2) is 0 Å². The van der Waals surface area contributed by atoms with Crippen molar-refractivity contribution >= 4 is 29.2 Å². The molecule has 6 heteroatoms. The van der Waals surface area contributed by atoms with Gasteiger partial charge in [-0.25, -0.2) is 4.79 Å². The van der Waals surface area contributed by atoms with Crippen LogP contribution in [0.3, 0.4) is 0 Å². The maximum atomic E-state index is 12.2. The van der Waals surface area contributed by atoms with Crippen molar-refractivity contribution in [2.75, 3.05) is 5.32 Å². The molecule has 0 saturated carbocycles. The Bertz CT molecular complexity index is 729. The zero-order valence-electron chi connectivity index (χ0n) is 11.5. The molecule has 0 bridgehead atoms. The van der Waals surface area contributed by atoms with E-state index in [4.69, 9.17) is 11.6 Å². The van der Waals surface area contributed by atoms with E-state index in [1.54, 1.807) is 25.1 Å². The lowest BCUT2D eigenvalue weighted by Gasteiger charge is -2.11. The summed E-state index contributed by atoms with van der Waals surface area (Å²) >= 11 is 5.86. The molecule has 0 atom stereocenters. The van der Waals surface area contributed by atoms with Crippen molar-refractivity contribution in [3.05, 3.63) is 57.9 Å². The number of pyridine rings is 1. The molecule has 21 heavy (non-hydrogen) atoms. The van der Waals surface area contributed by atoms with Crippen LogP contribution < -0.4 is 5.32 Å². The second-order valence-corrected chi connectivity index (χ2v) is 4.91. The highest BCUT2D eigenvalue weighted by molar-refractivity contribution is 6.34. The number of carboxylic acid groups (broad SMARTS) is 1. The lowest BCUT2D eigenvalue weighted by Crippen LogP contribution is -2.16. The molecule has 1 aromatic heterocycles. The molecule has 0 spiro atoms. The van der Waals surface area contributed by atoms with Gasteiger partial charge in [0.25, 0.3) is 5.91 Å². The number of aromatic nitrogens is 1. The highest BCUT2D eigenvalue weighted by atomic mass is 35.5. The largest absolute Gasteiger partial charge is 0.478 e. The summed E-state index contributed by atoms with van der Waals surface area (Å²) in [7, 11) is 0. The van der Waals surface area contributed by atoms with Gasteiger partial charge in [0.1, 0.15) is 5.56 Å². The topological polar surface area (TPSA) is 79.3 Å². The lowest BCUT2D eigenvalue weighted by molar-refractivity contribution is 0.0698. The molecule has 0 unspecified atom stereocenters. The fourth-order valence-electron chi connectivity index (χ4n) is 1.96. The summed E-state index contributed by atoms with van der Waals surface area (Å²) in [5.41, 5.74) is 1.78. The smallest absolute Gasteiger partial charge is 0.339 e. The molecule has 0 aliphatic carbocycles. The average Bonchev–Trinajstić information content (AvgIpc) is 2.37. The quantitative estimate of drug-likeness (QED) is 0.912. The average molecular weight is 305 g/mol. The van der Waals surface area contributed by atoms with E-state index in [2.05, 4.69) is 10.3 Å². The van der Waals surface area contributed by atoms with Gasteiger partial charge < -0.3 is 10.4 Å². The number of aromatic carboxylic acids is 1. The van der Waals surface area contributed by atoms with E-state index in [9.17, 15) is 14.7 Å². The minimum atomic E-state index is -1.20. The van der Waals surface area contributed by atoms with Crippen LogP contribution in [-0.2, 0) is 0 Å². The zero-order chi connectivity index (χ0) is 15.6. The molecule has 2 aromatic rings. The Kier molecular flexibility index (Phi) is 4.23. The van der Waals surface area contributed by atoms with Crippen LogP contribution in [0.15, 0.2) is 30.3 Å². The van der Waals surface area contributed by atoms with Gasteiger partial charge in [0.05, 0.1) is 22.0 Å². The van der Waals surface area contributed by atoms with Crippen molar-refractivity contribution in [1.29, 1.82) is 0 Å². The second kappa shape index (κ2) is 5.93. The fourth-order valence-corrected chi connectivity index (χ4v) is 2.22. The molecule has 5 nitrogen and oxygen atoms in total. The standard InChI is InChI=1S/C15H13ClN2O3/c1-8-6-7-10(9(2)17-8)14(19)18-12-5-3-4-11(16)13(12)15(20)21/h3-7H,1-2H3,(H,18,19)(H,20,21). The predicted octanol–water partition coefficient (Wildman–Crippen LogP) is 3.30. The molecular weight excluding hydrogens is 292 g/mol. The van der Waals surface area contributed by atoms with Crippen molar-refractivity contribution < 1.29 is 14.7 Å². The van der Waals surface area contributed by atoms with Gasteiger partial charge in [0, 0.05) is 5.69 Å². The Balaban J connectivity index is 2.36.